The molecule has 23 heavy (non-hydrogen) atoms. The molecule has 0 aromatic heterocycles. The summed E-state index contributed by atoms with van der Waals surface area (Å²) >= 11 is 3.46. The number of hydrogen-bond acceptors (Lipinski definition) is 4. The highest BCUT2D eigenvalue weighted by molar-refractivity contribution is 9.09. The molecule has 0 fully saturated rings. The van der Waals surface area contributed by atoms with Crippen LogP contribution in [0.3, 0.4) is 0 Å². The molecule has 1 aliphatic carbocycles. The van der Waals surface area contributed by atoms with Gasteiger partial charge in [-0.3, -0.25) is 0 Å². The van der Waals surface area contributed by atoms with Crippen LogP contribution in [0, 0.1) is 0 Å². The molecule has 128 valence electrons. The van der Waals surface area contributed by atoms with Crippen molar-refractivity contribution in [1.29, 1.82) is 0 Å². The van der Waals surface area contributed by atoms with Gasteiger partial charge in [-0.2, -0.15) is 0 Å². The molecule has 0 radical (unpaired) electrons. The second-order valence-electron chi connectivity index (χ2n) is 5.32. The standard InChI is InChI=1S/C18H25BrO4/c1-4-22-18(12-19)23-15-8-6-5-7-14(15)13-9-10-16(20-2)17(11-13)21-3/h7,9-11,15,18H,4-6,8,12H2,1-3H3/t15-,18?/m0/s1. The first kappa shape index (κ1) is 18.3. The van der Waals surface area contributed by atoms with Crippen molar-refractivity contribution in [3.63, 3.8) is 0 Å². The lowest BCUT2D eigenvalue weighted by Gasteiger charge is -2.29. The largest absolute Gasteiger partial charge is 0.493 e. The summed E-state index contributed by atoms with van der Waals surface area (Å²) in [5, 5.41) is 0.663. The minimum absolute atomic E-state index is 0.0379. The monoisotopic (exact) mass is 384 g/mol. The van der Waals surface area contributed by atoms with E-state index in [2.05, 4.69) is 28.1 Å². The quantitative estimate of drug-likeness (QED) is 0.491. The van der Waals surface area contributed by atoms with Gasteiger partial charge in [0.25, 0.3) is 0 Å². The van der Waals surface area contributed by atoms with Crippen molar-refractivity contribution in [1.82, 2.24) is 0 Å². The van der Waals surface area contributed by atoms with Gasteiger partial charge in [-0.1, -0.05) is 28.1 Å². The van der Waals surface area contributed by atoms with Crippen LogP contribution < -0.4 is 9.47 Å². The lowest BCUT2D eigenvalue weighted by atomic mass is 9.90. The van der Waals surface area contributed by atoms with Crippen molar-refractivity contribution >= 4 is 21.5 Å². The molecule has 0 bridgehead atoms. The molecule has 0 aliphatic heterocycles. The summed E-state index contributed by atoms with van der Waals surface area (Å²) in [6.45, 7) is 2.61. The summed E-state index contributed by atoms with van der Waals surface area (Å²) in [5.41, 5.74) is 2.31. The van der Waals surface area contributed by atoms with Crippen molar-refractivity contribution < 1.29 is 18.9 Å². The number of alkyl halides is 1. The molecule has 2 rings (SSSR count). The fourth-order valence-corrected chi connectivity index (χ4v) is 3.14. The van der Waals surface area contributed by atoms with Crippen LogP contribution in [-0.2, 0) is 9.47 Å². The smallest absolute Gasteiger partial charge is 0.167 e. The minimum Gasteiger partial charge on any atom is -0.493 e. The Kier molecular flexibility index (Phi) is 7.40. The number of methoxy groups -OCH3 is 2. The molecular weight excluding hydrogens is 360 g/mol. The van der Waals surface area contributed by atoms with E-state index in [0.29, 0.717) is 11.9 Å². The van der Waals surface area contributed by atoms with Gasteiger partial charge in [0.1, 0.15) is 0 Å². The summed E-state index contributed by atoms with van der Waals surface area (Å²) in [5.74, 6) is 1.47. The normalized spacial score (nSPS) is 19.1. The van der Waals surface area contributed by atoms with E-state index in [0.717, 1.165) is 36.3 Å². The van der Waals surface area contributed by atoms with Crippen LogP contribution in [0.1, 0.15) is 31.7 Å². The van der Waals surface area contributed by atoms with Crippen LogP contribution >= 0.6 is 15.9 Å². The molecule has 0 saturated heterocycles. The second-order valence-corrected chi connectivity index (χ2v) is 5.97. The zero-order valence-electron chi connectivity index (χ0n) is 14.0. The zero-order chi connectivity index (χ0) is 16.7. The molecule has 1 aliphatic rings. The molecule has 0 spiro atoms. The first-order valence-electron chi connectivity index (χ1n) is 7.99. The van der Waals surface area contributed by atoms with E-state index < -0.39 is 0 Å². The fraction of sp³-hybridized carbons (Fsp3) is 0.556. The van der Waals surface area contributed by atoms with Crippen LogP contribution in [0.15, 0.2) is 24.3 Å². The molecule has 1 aromatic carbocycles. The number of rotatable bonds is 8. The van der Waals surface area contributed by atoms with Gasteiger partial charge in [0.15, 0.2) is 17.8 Å². The number of hydrogen-bond donors (Lipinski definition) is 0. The molecule has 0 N–H and O–H groups in total. The summed E-state index contributed by atoms with van der Waals surface area (Å²) < 4.78 is 22.5. The van der Waals surface area contributed by atoms with Crippen LogP contribution in [-0.4, -0.2) is 38.6 Å². The first-order chi connectivity index (χ1) is 11.2. The third-order valence-corrected chi connectivity index (χ3v) is 4.42. The Labute approximate surface area is 146 Å². The SMILES string of the molecule is CCOC(CBr)O[C@H]1CCCC=C1c1ccc(OC)c(OC)c1. The second kappa shape index (κ2) is 9.30. The molecule has 0 amide bonds. The fourth-order valence-electron chi connectivity index (χ4n) is 2.80. The Morgan fingerprint density at radius 3 is 2.65 bits per heavy atom. The topological polar surface area (TPSA) is 36.9 Å². The minimum atomic E-state index is -0.230. The Hall–Kier alpha value is -1.04. The van der Waals surface area contributed by atoms with E-state index in [1.165, 1.54) is 5.57 Å². The number of benzene rings is 1. The van der Waals surface area contributed by atoms with Crippen molar-refractivity contribution in [2.24, 2.45) is 0 Å². The maximum atomic E-state index is 6.17. The Morgan fingerprint density at radius 1 is 1.22 bits per heavy atom. The van der Waals surface area contributed by atoms with Gasteiger partial charge < -0.3 is 18.9 Å². The molecule has 4 nitrogen and oxygen atoms in total. The van der Waals surface area contributed by atoms with Gasteiger partial charge in [-0.15, -0.1) is 0 Å². The maximum Gasteiger partial charge on any atom is 0.167 e. The lowest BCUT2D eigenvalue weighted by Crippen LogP contribution is -2.28. The third-order valence-electron chi connectivity index (χ3n) is 3.89. The van der Waals surface area contributed by atoms with E-state index in [-0.39, 0.29) is 12.4 Å². The van der Waals surface area contributed by atoms with E-state index >= 15 is 0 Å². The van der Waals surface area contributed by atoms with Crippen molar-refractivity contribution in [3.05, 3.63) is 29.8 Å². The number of allylic oxidation sites excluding steroid dienone is 1. The Balaban J connectivity index is 2.22. The molecule has 5 heteroatoms. The third kappa shape index (κ3) is 4.72. The summed E-state index contributed by atoms with van der Waals surface area (Å²) in [6.07, 6.45) is 5.26. The van der Waals surface area contributed by atoms with Gasteiger partial charge in [0.2, 0.25) is 0 Å². The molecule has 1 unspecified atom stereocenters. The average molecular weight is 385 g/mol. The lowest BCUT2D eigenvalue weighted by molar-refractivity contribution is -0.141. The van der Waals surface area contributed by atoms with Gasteiger partial charge in [-0.25, -0.2) is 0 Å². The summed E-state index contributed by atoms with van der Waals surface area (Å²) in [6, 6.07) is 6.00. The van der Waals surface area contributed by atoms with E-state index in [1.54, 1.807) is 14.2 Å². The molecule has 0 heterocycles. The highest BCUT2D eigenvalue weighted by Gasteiger charge is 2.24. The summed E-state index contributed by atoms with van der Waals surface area (Å²) in [7, 11) is 3.30. The molecule has 1 aromatic rings. The van der Waals surface area contributed by atoms with Gasteiger partial charge in [0.05, 0.1) is 25.7 Å². The van der Waals surface area contributed by atoms with Crippen LogP contribution in [0.25, 0.3) is 5.57 Å². The van der Waals surface area contributed by atoms with Crippen LogP contribution in [0.5, 0.6) is 11.5 Å². The average Bonchev–Trinajstić information content (AvgIpc) is 2.61. The van der Waals surface area contributed by atoms with Crippen LogP contribution in [0.2, 0.25) is 0 Å². The van der Waals surface area contributed by atoms with Crippen LogP contribution in [0.4, 0.5) is 0 Å². The van der Waals surface area contributed by atoms with Gasteiger partial charge >= 0.3 is 0 Å². The summed E-state index contributed by atoms with van der Waals surface area (Å²) in [4.78, 5) is 0. The van der Waals surface area contributed by atoms with Crippen molar-refractivity contribution in [3.8, 4) is 11.5 Å². The molecular formula is C18H25BrO4. The zero-order valence-corrected chi connectivity index (χ0v) is 15.6. The first-order valence-corrected chi connectivity index (χ1v) is 9.11. The molecule has 0 saturated carbocycles. The van der Waals surface area contributed by atoms with E-state index in [9.17, 15) is 0 Å². The Bertz CT molecular complexity index is 530. The van der Waals surface area contributed by atoms with Gasteiger partial charge in [-0.05, 0) is 49.5 Å². The predicted octanol–water partition coefficient (Wildman–Crippen LogP) is 4.41. The highest BCUT2D eigenvalue weighted by Crippen LogP contribution is 2.35. The van der Waals surface area contributed by atoms with Crippen molar-refractivity contribution in [2.45, 2.75) is 38.6 Å². The van der Waals surface area contributed by atoms with Crippen molar-refractivity contribution in [2.75, 3.05) is 26.2 Å². The number of halogens is 1. The van der Waals surface area contributed by atoms with Gasteiger partial charge in [0, 0.05) is 6.61 Å². The number of ether oxygens (including phenoxy) is 4. The van der Waals surface area contributed by atoms with E-state index in [1.807, 2.05) is 19.1 Å². The maximum absolute atomic E-state index is 6.17. The Morgan fingerprint density at radius 2 is 2.00 bits per heavy atom. The molecule has 2 atom stereocenters. The van der Waals surface area contributed by atoms with E-state index in [4.69, 9.17) is 18.9 Å². The predicted molar refractivity (Wildman–Crippen MR) is 95.5 cm³/mol. The highest BCUT2D eigenvalue weighted by atomic mass is 79.9.